The first-order valence-corrected chi connectivity index (χ1v) is 9.01. The fourth-order valence-electron chi connectivity index (χ4n) is 2.80. The average Bonchev–Trinajstić information content (AvgIpc) is 3.50. The minimum Gasteiger partial charge on any atom is -0.452 e. The Kier molecular flexibility index (Phi) is 6.03. The number of nitrogens with one attached hydrogen (secondary N) is 1. The van der Waals surface area contributed by atoms with E-state index in [4.69, 9.17) is 4.74 Å². The molecule has 0 radical (unpaired) electrons. The minimum absolute atomic E-state index is 0.0581. The van der Waals surface area contributed by atoms with Crippen molar-refractivity contribution in [1.82, 2.24) is 4.90 Å². The number of esters is 1. The monoisotopic (exact) mass is 384 g/mol. The Morgan fingerprint density at radius 1 is 1.11 bits per heavy atom. The molecule has 146 valence electrons. The second-order valence-electron chi connectivity index (χ2n) is 6.68. The Labute approximate surface area is 162 Å². The predicted octanol–water partition coefficient (Wildman–Crippen LogP) is 3.13. The maximum atomic E-state index is 13.9. The van der Waals surface area contributed by atoms with E-state index in [-0.39, 0.29) is 35.8 Å². The quantitative estimate of drug-likeness (QED) is 0.744. The lowest BCUT2D eigenvalue weighted by atomic mass is 10.2. The molecule has 0 saturated heterocycles. The first kappa shape index (κ1) is 19.5. The molecule has 0 aliphatic heterocycles. The van der Waals surface area contributed by atoms with Crippen molar-refractivity contribution in [3.8, 4) is 0 Å². The second kappa shape index (κ2) is 8.65. The molecule has 2 aromatic carbocycles. The molecule has 2 amide bonds. The van der Waals surface area contributed by atoms with E-state index >= 15 is 0 Å². The van der Waals surface area contributed by atoms with Gasteiger partial charge in [-0.3, -0.25) is 9.59 Å². The van der Waals surface area contributed by atoms with Gasteiger partial charge in [0.1, 0.15) is 5.82 Å². The molecule has 7 heteroatoms. The maximum Gasteiger partial charge on any atom is 0.338 e. The van der Waals surface area contributed by atoms with Crippen molar-refractivity contribution >= 4 is 23.5 Å². The maximum absolute atomic E-state index is 13.9. The number of anilines is 1. The molecule has 3 rings (SSSR count). The zero-order valence-electron chi connectivity index (χ0n) is 15.5. The molecule has 28 heavy (non-hydrogen) atoms. The summed E-state index contributed by atoms with van der Waals surface area (Å²) in [6.07, 6.45) is 1.72. The van der Waals surface area contributed by atoms with Crippen molar-refractivity contribution in [2.24, 2.45) is 0 Å². The molecular formula is C21H21FN2O4. The third kappa shape index (κ3) is 5.16. The van der Waals surface area contributed by atoms with Crippen LogP contribution in [0.5, 0.6) is 0 Å². The summed E-state index contributed by atoms with van der Waals surface area (Å²) in [5.74, 6) is -1.56. The van der Waals surface area contributed by atoms with Crippen LogP contribution in [-0.2, 0) is 20.9 Å². The highest BCUT2D eigenvalue weighted by Gasteiger charge is 2.33. The predicted molar refractivity (Wildman–Crippen MR) is 101 cm³/mol. The molecule has 1 aliphatic carbocycles. The van der Waals surface area contributed by atoms with Gasteiger partial charge < -0.3 is 15.0 Å². The van der Waals surface area contributed by atoms with Gasteiger partial charge in [0.25, 0.3) is 5.91 Å². The number of hydrogen-bond donors (Lipinski definition) is 1. The summed E-state index contributed by atoms with van der Waals surface area (Å²) in [5.41, 5.74) is 1.27. The van der Waals surface area contributed by atoms with Crippen LogP contribution in [0.2, 0.25) is 0 Å². The van der Waals surface area contributed by atoms with Crippen LogP contribution in [0.4, 0.5) is 10.1 Å². The first-order valence-electron chi connectivity index (χ1n) is 9.01. The zero-order chi connectivity index (χ0) is 20.1. The van der Waals surface area contributed by atoms with Crippen LogP contribution >= 0.6 is 0 Å². The SMILES string of the molecule is CC(=O)Nc1ccc(C(=O)OCC(=O)N(Cc2ccccc2F)C2CC2)cc1. The van der Waals surface area contributed by atoms with Crippen LogP contribution in [0, 0.1) is 5.82 Å². The molecule has 6 nitrogen and oxygen atoms in total. The van der Waals surface area contributed by atoms with Crippen LogP contribution in [0.3, 0.4) is 0 Å². The lowest BCUT2D eigenvalue weighted by Crippen LogP contribution is -2.36. The molecule has 0 bridgehead atoms. The molecule has 1 N–H and O–H groups in total. The van der Waals surface area contributed by atoms with E-state index in [9.17, 15) is 18.8 Å². The van der Waals surface area contributed by atoms with Crippen molar-refractivity contribution in [3.63, 3.8) is 0 Å². The van der Waals surface area contributed by atoms with Crippen molar-refractivity contribution in [2.75, 3.05) is 11.9 Å². The molecule has 0 unspecified atom stereocenters. The molecule has 0 aromatic heterocycles. The molecular weight excluding hydrogens is 363 g/mol. The zero-order valence-corrected chi connectivity index (χ0v) is 15.5. The third-order valence-corrected chi connectivity index (χ3v) is 4.37. The lowest BCUT2D eigenvalue weighted by molar-refractivity contribution is -0.135. The molecule has 1 aliphatic rings. The fraction of sp³-hybridized carbons (Fsp3) is 0.286. The van der Waals surface area contributed by atoms with Gasteiger partial charge in [-0.05, 0) is 43.2 Å². The van der Waals surface area contributed by atoms with Gasteiger partial charge in [0, 0.05) is 30.8 Å². The van der Waals surface area contributed by atoms with Gasteiger partial charge in [0.2, 0.25) is 5.91 Å². The van der Waals surface area contributed by atoms with Crippen LogP contribution in [-0.4, -0.2) is 35.3 Å². The summed E-state index contributed by atoms with van der Waals surface area (Å²) in [5, 5.41) is 2.60. The highest BCUT2D eigenvalue weighted by Crippen LogP contribution is 2.29. The smallest absolute Gasteiger partial charge is 0.338 e. The summed E-state index contributed by atoms with van der Waals surface area (Å²) in [7, 11) is 0. The van der Waals surface area contributed by atoms with Crippen LogP contribution < -0.4 is 5.32 Å². The number of amides is 2. The first-order chi connectivity index (χ1) is 13.4. The van der Waals surface area contributed by atoms with Crippen molar-refractivity contribution in [2.45, 2.75) is 32.4 Å². The van der Waals surface area contributed by atoms with E-state index in [0.717, 1.165) is 12.8 Å². The largest absolute Gasteiger partial charge is 0.452 e. The molecule has 0 heterocycles. The van der Waals surface area contributed by atoms with Gasteiger partial charge in [-0.2, -0.15) is 0 Å². The normalized spacial score (nSPS) is 12.9. The summed E-state index contributed by atoms with van der Waals surface area (Å²) in [6, 6.07) is 12.5. The number of carbonyl (C=O) groups is 3. The van der Waals surface area contributed by atoms with Gasteiger partial charge in [-0.1, -0.05) is 18.2 Å². The van der Waals surface area contributed by atoms with E-state index in [2.05, 4.69) is 5.32 Å². The molecule has 1 saturated carbocycles. The molecule has 2 aromatic rings. The number of nitrogens with zero attached hydrogens (tertiary/aromatic N) is 1. The number of carbonyl (C=O) groups excluding carboxylic acids is 3. The number of rotatable bonds is 7. The van der Waals surface area contributed by atoms with E-state index in [1.165, 1.54) is 25.1 Å². The summed E-state index contributed by atoms with van der Waals surface area (Å²) in [4.78, 5) is 37.3. The van der Waals surface area contributed by atoms with Gasteiger partial charge >= 0.3 is 5.97 Å². The topological polar surface area (TPSA) is 75.7 Å². The lowest BCUT2D eigenvalue weighted by Gasteiger charge is -2.22. The van der Waals surface area contributed by atoms with Crippen molar-refractivity contribution < 1.29 is 23.5 Å². The summed E-state index contributed by atoms with van der Waals surface area (Å²) < 4.78 is 19.0. The van der Waals surface area contributed by atoms with E-state index in [1.807, 2.05) is 0 Å². The standard InChI is InChI=1S/C21H21FN2O4/c1-14(25)23-17-8-6-15(7-9-17)21(27)28-13-20(26)24(18-10-11-18)12-16-4-2-3-5-19(16)22/h2-9,18H,10-13H2,1H3,(H,23,25). The average molecular weight is 384 g/mol. The molecule has 0 spiro atoms. The number of hydrogen-bond acceptors (Lipinski definition) is 4. The Hall–Kier alpha value is -3.22. The highest BCUT2D eigenvalue weighted by molar-refractivity contribution is 5.93. The van der Waals surface area contributed by atoms with Crippen LogP contribution in [0.25, 0.3) is 0 Å². The third-order valence-electron chi connectivity index (χ3n) is 4.37. The van der Waals surface area contributed by atoms with Crippen LogP contribution in [0.1, 0.15) is 35.7 Å². The van der Waals surface area contributed by atoms with Crippen molar-refractivity contribution in [3.05, 3.63) is 65.5 Å². The van der Waals surface area contributed by atoms with Gasteiger partial charge in [0.05, 0.1) is 5.56 Å². The fourth-order valence-corrected chi connectivity index (χ4v) is 2.80. The van der Waals surface area contributed by atoms with Crippen molar-refractivity contribution in [1.29, 1.82) is 0 Å². The Morgan fingerprint density at radius 3 is 2.39 bits per heavy atom. The summed E-state index contributed by atoms with van der Waals surface area (Å²) in [6.45, 7) is 1.14. The van der Waals surface area contributed by atoms with Crippen LogP contribution in [0.15, 0.2) is 48.5 Å². The molecule has 1 fully saturated rings. The Bertz CT molecular complexity index is 878. The van der Waals surface area contributed by atoms with Gasteiger partial charge in [0.15, 0.2) is 6.61 Å². The van der Waals surface area contributed by atoms with Gasteiger partial charge in [-0.25, -0.2) is 9.18 Å². The number of halogens is 1. The van der Waals surface area contributed by atoms with E-state index in [0.29, 0.717) is 11.3 Å². The Morgan fingerprint density at radius 2 is 1.79 bits per heavy atom. The number of benzene rings is 2. The Balaban J connectivity index is 1.57. The number of ether oxygens (including phenoxy) is 1. The summed E-state index contributed by atoms with van der Waals surface area (Å²) >= 11 is 0. The van der Waals surface area contributed by atoms with E-state index < -0.39 is 12.6 Å². The second-order valence-corrected chi connectivity index (χ2v) is 6.68. The van der Waals surface area contributed by atoms with E-state index in [1.54, 1.807) is 35.2 Å². The molecule has 0 atom stereocenters. The minimum atomic E-state index is -0.635. The van der Waals surface area contributed by atoms with Gasteiger partial charge in [-0.15, -0.1) is 0 Å². The highest BCUT2D eigenvalue weighted by atomic mass is 19.1.